The highest BCUT2D eigenvalue weighted by atomic mass is 19.4. The van der Waals surface area contributed by atoms with Gasteiger partial charge < -0.3 is 14.5 Å². The first-order valence-corrected chi connectivity index (χ1v) is 9.37. The number of piperazine rings is 1. The second-order valence-electron chi connectivity index (χ2n) is 7.01. The summed E-state index contributed by atoms with van der Waals surface area (Å²) in [6.45, 7) is 1.34. The first-order valence-electron chi connectivity index (χ1n) is 9.37. The van der Waals surface area contributed by atoms with Gasteiger partial charge >= 0.3 is 6.18 Å². The molecule has 1 aliphatic rings. The van der Waals surface area contributed by atoms with E-state index in [4.69, 9.17) is 10.00 Å². The number of nitrogens with zero attached hydrogens (tertiary/aromatic N) is 4. The van der Waals surface area contributed by atoms with Gasteiger partial charge in [-0.3, -0.25) is 9.78 Å². The number of aromatic nitrogens is 1. The van der Waals surface area contributed by atoms with Gasteiger partial charge in [-0.2, -0.15) is 18.4 Å². The van der Waals surface area contributed by atoms with Crippen LogP contribution < -0.4 is 4.90 Å². The highest BCUT2D eigenvalue weighted by Gasteiger charge is 2.35. The summed E-state index contributed by atoms with van der Waals surface area (Å²) in [5, 5.41) is 8.98. The van der Waals surface area contributed by atoms with Crippen molar-refractivity contribution in [3.8, 4) is 6.07 Å². The molecular formula is C21H21F3N4O2. The molecule has 6 nitrogen and oxygen atoms in total. The molecule has 0 bridgehead atoms. The Morgan fingerprint density at radius 1 is 1.27 bits per heavy atom. The van der Waals surface area contributed by atoms with Crippen molar-refractivity contribution in [2.45, 2.75) is 18.6 Å². The lowest BCUT2D eigenvalue weighted by Crippen LogP contribution is -2.57. The van der Waals surface area contributed by atoms with E-state index in [0.29, 0.717) is 25.3 Å². The molecule has 1 aliphatic heterocycles. The van der Waals surface area contributed by atoms with Gasteiger partial charge in [-0.15, -0.1) is 0 Å². The molecule has 1 fully saturated rings. The maximum atomic E-state index is 13.3. The molecule has 1 aromatic carbocycles. The topological polar surface area (TPSA) is 69.5 Å². The van der Waals surface area contributed by atoms with Crippen molar-refractivity contribution >= 4 is 11.6 Å². The molecule has 1 amide bonds. The third-order valence-electron chi connectivity index (χ3n) is 5.06. The van der Waals surface area contributed by atoms with Crippen molar-refractivity contribution in [2.75, 3.05) is 38.3 Å². The van der Waals surface area contributed by atoms with Gasteiger partial charge in [0.1, 0.15) is 0 Å². The van der Waals surface area contributed by atoms with Crippen LogP contribution in [0.15, 0.2) is 42.7 Å². The number of benzene rings is 1. The number of halogens is 3. The van der Waals surface area contributed by atoms with Crippen molar-refractivity contribution in [3.63, 3.8) is 0 Å². The maximum absolute atomic E-state index is 13.3. The number of hydrogen-bond donors (Lipinski definition) is 0. The molecule has 30 heavy (non-hydrogen) atoms. The number of hydrogen-bond acceptors (Lipinski definition) is 5. The fourth-order valence-corrected chi connectivity index (χ4v) is 3.59. The molecule has 3 rings (SSSR count). The lowest BCUT2D eigenvalue weighted by atomic mass is 10.0. The largest absolute Gasteiger partial charge is 0.417 e. The fourth-order valence-electron chi connectivity index (χ4n) is 3.59. The smallest absolute Gasteiger partial charge is 0.382 e. The van der Waals surface area contributed by atoms with E-state index in [-0.39, 0.29) is 25.0 Å². The number of methoxy groups -OCH3 is 1. The van der Waals surface area contributed by atoms with Gasteiger partial charge in [-0.1, -0.05) is 0 Å². The van der Waals surface area contributed by atoms with E-state index in [1.54, 1.807) is 40.4 Å². The van der Waals surface area contributed by atoms with Gasteiger partial charge in [0.2, 0.25) is 5.91 Å². The van der Waals surface area contributed by atoms with Gasteiger partial charge in [0.15, 0.2) is 0 Å². The Balaban J connectivity index is 1.78. The highest BCUT2D eigenvalue weighted by molar-refractivity contribution is 5.79. The number of carbonyl (C=O) groups excluding carboxylic acids is 1. The lowest BCUT2D eigenvalue weighted by molar-refractivity contribution is -0.137. The average Bonchev–Trinajstić information content (AvgIpc) is 2.73. The summed E-state index contributed by atoms with van der Waals surface area (Å²) in [6.07, 6.45) is -1.15. The minimum absolute atomic E-state index is 0.0706. The zero-order chi connectivity index (χ0) is 21.7. The number of anilines is 1. The molecule has 9 heteroatoms. The quantitative estimate of drug-likeness (QED) is 0.747. The second kappa shape index (κ2) is 9.13. The molecular weight excluding hydrogens is 397 g/mol. The summed E-state index contributed by atoms with van der Waals surface area (Å²) in [4.78, 5) is 20.3. The van der Waals surface area contributed by atoms with Gasteiger partial charge in [-0.05, 0) is 35.9 Å². The number of pyridine rings is 1. The monoisotopic (exact) mass is 418 g/mol. The lowest BCUT2D eigenvalue weighted by Gasteiger charge is -2.42. The van der Waals surface area contributed by atoms with Gasteiger partial charge in [0.25, 0.3) is 0 Å². The van der Waals surface area contributed by atoms with Crippen LogP contribution in [0.1, 0.15) is 16.7 Å². The van der Waals surface area contributed by atoms with E-state index in [1.165, 1.54) is 19.2 Å². The van der Waals surface area contributed by atoms with Crippen LogP contribution in [0, 0.1) is 11.3 Å². The van der Waals surface area contributed by atoms with Crippen molar-refractivity contribution in [1.82, 2.24) is 9.88 Å². The summed E-state index contributed by atoms with van der Waals surface area (Å²) < 4.78 is 45.2. The van der Waals surface area contributed by atoms with Crippen LogP contribution in [-0.4, -0.2) is 55.2 Å². The molecule has 1 unspecified atom stereocenters. The molecule has 0 aliphatic carbocycles. The van der Waals surface area contributed by atoms with Gasteiger partial charge in [-0.25, -0.2) is 0 Å². The van der Waals surface area contributed by atoms with Crippen LogP contribution in [0.2, 0.25) is 0 Å². The predicted octanol–water partition coefficient (Wildman–Crippen LogP) is 2.88. The average molecular weight is 418 g/mol. The summed E-state index contributed by atoms with van der Waals surface area (Å²) in [5.41, 5.74) is -0.160. The van der Waals surface area contributed by atoms with E-state index in [9.17, 15) is 18.0 Å². The third kappa shape index (κ3) is 4.89. The molecule has 0 saturated carbocycles. The summed E-state index contributed by atoms with van der Waals surface area (Å²) in [7, 11) is 1.52. The molecule has 1 aromatic heterocycles. The van der Waals surface area contributed by atoms with Crippen molar-refractivity contribution < 1.29 is 22.7 Å². The number of carbonyl (C=O) groups is 1. The van der Waals surface area contributed by atoms with E-state index < -0.39 is 17.3 Å². The number of amides is 1. The third-order valence-corrected chi connectivity index (χ3v) is 5.06. The van der Waals surface area contributed by atoms with E-state index in [1.807, 2.05) is 0 Å². The molecule has 2 aromatic rings. The Hall–Kier alpha value is -3.12. The standard InChI is InChI=1S/C21H21F3N4O2/c1-30-14-18-13-27(17-3-2-16(12-25)19(11-17)21(22,23)24)8-9-28(18)20(29)10-15-4-6-26-7-5-15/h2-7,11,18H,8-10,13-14H2,1H3. The predicted molar refractivity (Wildman–Crippen MR) is 104 cm³/mol. The first kappa shape index (κ1) is 21.6. The Morgan fingerprint density at radius 2 is 2.00 bits per heavy atom. The number of ether oxygens (including phenoxy) is 1. The van der Waals surface area contributed by atoms with E-state index in [2.05, 4.69) is 4.98 Å². The second-order valence-corrected chi connectivity index (χ2v) is 7.01. The molecule has 0 radical (unpaired) electrons. The Labute approximate surface area is 172 Å². The Bertz CT molecular complexity index is 928. The SMILES string of the molecule is COCC1CN(c2ccc(C#N)c(C(F)(F)F)c2)CCN1C(=O)Cc1ccncc1. The van der Waals surface area contributed by atoms with Gasteiger partial charge in [0.05, 0.1) is 36.3 Å². The molecule has 0 spiro atoms. The molecule has 158 valence electrons. The summed E-state index contributed by atoms with van der Waals surface area (Å²) in [6, 6.07) is 8.52. The number of alkyl halides is 3. The number of nitriles is 1. The van der Waals surface area contributed by atoms with Gasteiger partial charge in [0, 0.05) is 44.8 Å². The summed E-state index contributed by atoms with van der Waals surface area (Å²) in [5.74, 6) is -0.0706. The van der Waals surface area contributed by atoms with E-state index >= 15 is 0 Å². The van der Waals surface area contributed by atoms with Crippen LogP contribution in [0.4, 0.5) is 18.9 Å². The van der Waals surface area contributed by atoms with Crippen LogP contribution in [-0.2, 0) is 22.1 Å². The fraction of sp³-hybridized carbons (Fsp3) is 0.381. The molecule has 0 N–H and O–H groups in total. The zero-order valence-electron chi connectivity index (χ0n) is 16.4. The minimum Gasteiger partial charge on any atom is -0.382 e. The van der Waals surface area contributed by atoms with E-state index in [0.717, 1.165) is 11.6 Å². The van der Waals surface area contributed by atoms with Crippen LogP contribution >= 0.6 is 0 Å². The molecule has 1 atom stereocenters. The Kier molecular flexibility index (Phi) is 6.57. The van der Waals surface area contributed by atoms with Crippen molar-refractivity contribution in [2.24, 2.45) is 0 Å². The highest BCUT2D eigenvalue weighted by Crippen LogP contribution is 2.35. The minimum atomic E-state index is -4.62. The van der Waals surface area contributed by atoms with Crippen LogP contribution in [0.25, 0.3) is 0 Å². The van der Waals surface area contributed by atoms with Crippen LogP contribution in [0.5, 0.6) is 0 Å². The molecule has 2 heterocycles. The van der Waals surface area contributed by atoms with Crippen molar-refractivity contribution in [1.29, 1.82) is 5.26 Å². The molecule has 1 saturated heterocycles. The Morgan fingerprint density at radius 3 is 2.63 bits per heavy atom. The summed E-state index contributed by atoms with van der Waals surface area (Å²) >= 11 is 0. The first-order chi connectivity index (χ1) is 14.3. The van der Waals surface area contributed by atoms with Crippen molar-refractivity contribution in [3.05, 3.63) is 59.4 Å². The van der Waals surface area contributed by atoms with Crippen LogP contribution in [0.3, 0.4) is 0 Å². The normalized spacial score (nSPS) is 17.0. The maximum Gasteiger partial charge on any atom is 0.417 e. The zero-order valence-corrected chi connectivity index (χ0v) is 16.4. The number of rotatable bonds is 5.